The Morgan fingerprint density at radius 1 is 0.872 bits per heavy atom. The summed E-state index contributed by atoms with van der Waals surface area (Å²) in [7, 11) is -4.25. The molecule has 0 spiro atoms. The zero-order valence-corrected chi connectivity index (χ0v) is 30.1. The lowest BCUT2D eigenvalue weighted by Gasteiger charge is -2.34. The van der Waals surface area contributed by atoms with Crippen LogP contribution in [0.4, 0.5) is 5.69 Å². The summed E-state index contributed by atoms with van der Waals surface area (Å²) in [4.78, 5) is 29.8. The van der Waals surface area contributed by atoms with Crippen LogP contribution in [0.5, 0.6) is 5.75 Å². The molecule has 0 fully saturated rings. The fourth-order valence-corrected chi connectivity index (χ4v) is 6.91. The van der Waals surface area contributed by atoms with Crippen LogP contribution in [0.1, 0.15) is 31.9 Å². The number of carbonyl (C=O) groups excluding carboxylic acids is 2. The number of nitrogens with zero attached hydrogens (tertiary/aromatic N) is 2. The quantitative estimate of drug-likeness (QED) is 0.144. The van der Waals surface area contributed by atoms with Crippen LogP contribution < -0.4 is 14.4 Å². The number of hydrogen-bond donors (Lipinski definition) is 1. The van der Waals surface area contributed by atoms with E-state index in [1.54, 1.807) is 54.6 Å². The summed E-state index contributed by atoms with van der Waals surface area (Å²) in [6.45, 7) is 5.33. The third kappa shape index (κ3) is 9.73. The lowest BCUT2D eigenvalue weighted by atomic mass is 10.0. The molecule has 1 N–H and O–H groups in total. The third-order valence-electron chi connectivity index (χ3n) is 7.16. The molecule has 248 valence electrons. The zero-order chi connectivity index (χ0) is 34.1. The van der Waals surface area contributed by atoms with Gasteiger partial charge >= 0.3 is 0 Å². The Hall–Kier alpha value is -3.57. The Balaban J connectivity index is 1.82. The van der Waals surface area contributed by atoms with Crippen molar-refractivity contribution in [2.75, 3.05) is 17.5 Å². The lowest BCUT2D eigenvalue weighted by molar-refractivity contribution is -0.140. The van der Waals surface area contributed by atoms with Gasteiger partial charge in [-0.1, -0.05) is 75.5 Å². The predicted octanol–water partition coefficient (Wildman–Crippen LogP) is 7.51. The highest BCUT2D eigenvalue weighted by molar-refractivity contribution is 9.10. The average molecular weight is 762 g/mol. The molecular weight excluding hydrogens is 725 g/mol. The van der Waals surface area contributed by atoms with E-state index in [0.717, 1.165) is 9.87 Å². The Bertz CT molecular complexity index is 1770. The maximum Gasteiger partial charge on any atom is 0.264 e. The summed E-state index contributed by atoms with van der Waals surface area (Å²) in [6, 6.07) is 25.8. The lowest BCUT2D eigenvalue weighted by Crippen LogP contribution is -2.54. The first kappa shape index (κ1) is 36.3. The first-order valence-corrected chi connectivity index (χ1v) is 18.0. The van der Waals surface area contributed by atoms with E-state index < -0.39 is 28.5 Å². The maximum absolute atomic E-state index is 14.6. The SMILES string of the molecule is CCOc1ccc(N(CC(=O)N(Cc2ccc(Cl)c(Cl)c2)[C@@H](Cc2ccccc2)C(=O)NC(C)C)S(=O)(=O)c2ccc(Br)cc2)cc1. The molecule has 0 radical (unpaired) electrons. The minimum Gasteiger partial charge on any atom is -0.494 e. The summed E-state index contributed by atoms with van der Waals surface area (Å²) in [5.41, 5.74) is 1.70. The molecule has 0 aliphatic rings. The first-order valence-electron chi connectivity index (χ1n) is 15.0. The van der Waals surface area contributed by atoms with E-state index in [-0.39, 0.29) is 40.5 Å². The van der Waals surface area contributed by atoms with E-state index in [0.29, 0.717) is 27.4 Å². The van der Waals surface area contributed by atoms with Gasteiger partial charge in [-0.2, -0.15) is 0 Å². The molecule has 0 saturated heterocycles. The van der Waals surface area contributed by atoms with E-state index in [4.69, 9.17) is 27.9 Å². The summed E-state index contributed by atoms with van der Waals surface area (Å²) in [5.74, 6) is -0.413. The van der Waals surface area contributed by atoms with Gasteiger partial charge in [-0.15, -0.1) is 0 Å². The highest BCUT2D eigenvalue weighted by Crippen LogP contribution is 2.29. The van der Waals surface area contributed by atoms with Gasteiger partial charge in [-0.05, 0) is 92.6 Å². The molecule has 4 rings (SSSR count). The molecule has 12 heteroatoms. The van der Waals surface area contributed by atoms with Gasteiger partial charge in [0.1, 0.15) is 18.3 Å². The van der Waals surface area contributed by atoms with Crippen LogP contribution in [0.3, 0.4) is 0 Å². The first-order chi connectivity index (χ1) is 22.4. The number of amides is 2. The molecule has 4 aromatic carbocycles. The second-order valence-corrected chi connectivity index (χ2v) is 14.6. The fourth-order valence-electron chi connectivity index (χ4n) is 4.91. The average Bonchev–Trinajstić information content (AvgIpc) is 3.04. The van der Waals surface area contributed by atoms with Crippen LogP contribution >= 0.6 is 39.1 Å². The number of halogens is 3. The highest BCUT2D eigenvalue weighted by Gasteiger charge is 2.35. The number of rotatable bonds is 14. The largest absolute Gasteiger partial charge is 0.494 e. The Labute approximate surface area is 294 Å². The van der Waals surface area contributed by atoms with Gasteiger partial charge in [0, 0.05) is 23.5 Å². The molecule has 0 aliphatic heterocycles. The van der Waals surface area contributed by atoms with E-state index in [1.165, 1.54) is 17.0 Å². The normalized spacial score (nSPS) is 12.0. The van der Waals surface area contributed by atoms with Gasteiger partial charge in [0.05, 0.1) is 27.2 Å². The van der Waals surface area contributed by atoms with E-state index in [1.807, 2.05) is 51.1 Å². The third-order valence-corrected chi connectivity index (χ3v) is 10.2. The van der Waals surface area contributed by atoms with Crippen molar-refractivity contribution in [1.82, 2.24) is 10.2 Å². The molecule has 8 nitrogen and oxygen atoms in total. The number of sulfonamides is 1. The van der Waals surface area contributed by atoms with Crippen molar-refractivity contribution in [2.24, 2.45) is 0 Å². The Morgan fingerprint density at radius 3 is 2.13 bits per heavy atom. The van der Waals surface area contributed by atoms with E-state index in [9.17, 15) is 18.0 Å². The molecule has 0 bridgehead atoms. The molecule has 0 aromatic heterocycles. The van der Waals surface area contributed by atoms with Crippen LogP contribution in [0.25, 0.3) is 0 Å². The van der Waals surface area contributed by atoms with Crippen LogP contribution in [0.2, 0.25) is 10.0 Å². The van der Waals surface area contributed by atoms with E-state index in [2.05, 4.69) is 21.2 Å². The highest BCUT2D eigenvalue weighted by atomic mass is 79.9. The number of anilines is 1. The van der Waals surface area contributed by atoms with Gasteiger partial charge in [0.2, 0.25) is 11.8 Å². The number of hydrogen-bond acceptors (Lipinski definition) is 5. The number of carbonyl (C=O) groups is 2. The van der Waals surface area contributed by atoms with Crippen molar-refractivity contribution in [1.29, 1.82) is 0 Å². The molecule has 2 amide bonds. The van der Waals surface area contributed by atoms with Gasteiger partial charge < -0.3 is 15.0 Å². The molecule has 47 heavy (non-hydrogen) atoms. The van der Waals surface area contributed by atoms with Crippen molar-refractivity contribution in [3.05, 3.63) is 123 Å². The van der Waals surface area contributed by atoms with Crippen molar-refractivity contribution < 1.29 is 22.7 Å². The molecule has 1 atom stereocenters. The number of nitrogens with one attached hydrogen (secondary N) is 1. The standard InChI is InChI=1S/C35H36BrCl2N3O5S/c1-4-46-29-15-13-28(14-16-29)41(47(44,45)30-17-11-27(36)12-18-30)23-34(42)40(22-26-10-19-31(37)32(38)20-26)33(35(43)39-24(2)3)21-25-8-6-5-7-9-25/h5-20,24,33H,4,21-23H2,1-3H3,(H,39,43)/t33-/m0/s1. The molecule has 0 aliphatic carbocycles. The molecule has 0 saturated carbocycles. The Morgan fingerprint density at radius 2 is 1.53 bits per heavy atom. The summed E-state index contributed by atoms with van der Waals surface area (Å²) < 4.78 is 35.7. The summed E-state index contributed by atoms with van der Waals surface area (Å²) in [6.07, 6.45) is 0.189. The number of ether oxygens (including phenoxy) is 1. The van der Waals surface area contributed by atoms with Gasteiger partial charge in [0.15, 0.2) is 0 Å². The van der Waals surface area contributed by atoms with Crippen molar-refractivity contribution >= 4 is 66.7 Å². The predicted molar refractivity (Wildman–Crippen MR) is 191 cm³/mol. The molecule has 4 aromatic rings. The van der Waals surface area contributed by atoms with Crippen molar-refractivity contribution in [2.45, 2.75) is 50.7 Å². The van der Waals surface area contributed by atoms with Crippen molar-refractivity contribution in [3.63, 3.8) is 0 Å². The van der Waals surface area contributed by atoms with E-state index >= 15 is 0 Å². The smallest absolute Gasteiger partial charge is 0.264 e. The Kier molecular flexibility index (Phi) is 12.7. The second-order valence-electron chi connectivity index (χ2n) is 11.0. The summed E-state index contributed by atoms with van der Waals surface area (Å²) >= 11 is 15.9. The van der Waals surface area contributed by atoms with Crippen LogP contribution in [-0.2, 0) is 32.6 Å². The van der Waals surface area contributed by atoms with Gasteiger partial charge in [-0.3, -0.25) is 13.9 Å². The monoisotopic (exact) mass is 759 g/mol. The van der Waals surface area contributed by atoms with Gasteiger partial charge in [0.25, 0.3) is 10.0 Å². The number of benzene rings is 4. The van der Waals surface area contributed by atoms with Crippen molar-refractivity contribution in [3.8, 4) is 5.75 Å². The second kappa shape index (κ2) is 16.5. The maximum atomic E-state index is 14.6. The summed E-state index contributed by atoms with van der Waals surface area (Å²) in [5, 5.41) is 3.57. The van der Waals surface area contributed by atoms with Gasteiger partial charge in [-0.25, -0.2) is 8.42 Å². The minimum atomic E-state index is -4.25. The molecule has 0 heterocycles. The van der Waals surface area contributed by atoms with Crippen LogP contribution in [0.15, 0.2) is 106 Å². The van der Waals surface area contributed by atoms with Crippen LogP contribution in [0, 0.1) is 0 Å². The fraction of sp³-hybridized carbons (Fsp3) is 0.257. The minimum absolute atomic E-state index is 0.00296. The molecular formula is C35H36BrCl2N3O5S. The van der Waals surface area contributed by atoms with Crippen LogP contribution in [-0.4, -0.2) is 50.4 Å². The topological polar surface area (TPSA) is 96.0 Å². The zero-order valence-electron chi connectivity index (χ0n) is 26.2. The molecule has 0 unspecified atom stereocenters.